The van der Waals surface area contributed by atoms with Gasteiger partial charge in [-0.25, -0.2) is 4.39 Å². The maximum absolute atomic E-state index is 14.0. The van der Waals surface area contributed by atoms with Crippen LogP contribution in [0, 0.1) is 5.82 Å². The van der Waals surface area contributed by atoms with Gasteiger partial charge in [0.2, 0.25) is 0 Å². The first-order valence-corrected chi connectivity index (χ1v) is 5.86. The van der Waals surface area contributed by atoms with Crippen molar-refractivity contribution in [3.05, 3.63) is 40.9 Å². The normalized spacial score (nSPS) is 11.2. The molecule has 0 aliphatic carbocycles. The zero-order valence-electron chi connectivity index (χ0n) is 10.0. The fourth-order valence-electron chi connectivity index (χ4n) is 1.85. The summed E-state index contributed by atoms with van der Waals surface area (Å²) in [4.78, 5) is 0. The van der Waals surface area contributed by atoms with Crippen LogP contribution in [0.25, 0.3) is 11.1 Å². The molecule has 0 fully saturated rings. The van der Waals surface area contributed by atoms with E-state index in [0.29, 0.717) is 5.56 Å². The van der Waals surface area contributed by atoms with E-state index in [0.717, 1.165) is 11.3 Å². The Bertz CT molecular complexity index is 546. The van der Waals surface area contributed by atoms with Gasteiger partial charge in [0.15, 0.2) is 0 Å². The summed E-state index contributed by atoms with van der Waals surface area (Å²) >= 11 is 5.80. The van der Waals surface area contributed by atoms with Crippen molar-refractivity contribution in [2.24, 2.45) is 7.05 Å². The van der Waals surface area contributed by atoms with Crippen LogP contribution in [0.1, 0.15) is 25.5 Å². The Kier molecular flexibility index (Phi) is 3.20. The summed E-state index contributed by atoms with van der Waals surface area (Å²) in [6, 6.07) is 5.02. The van der Waals surface area contributed by atoms with Gasteiger partial charge >= 0.3 is 0 Å². The summed E-state index contributed by atoms with van der Waals surface area (Å²) in [7, 11) is 1.83. The molecule has 4 heteroatoms. The maximum Gasteiger partial charge on any atom is 0.149 e. The van der Waals surface area contributed by atoms with Crippen LogP contribution in [0.3, 0.4) is 0 Å². The lowest BCUT2D eigenvalue weighted by molar-refractivity contribution is 0.631. The van der Waals surface area contributed by atoms with E-state index in [9.17, 15) is 4.39 Å². The van der Waals surface area contributed by atoms with Gasteiger partial charge in [0.25, 0.3) is 0 Å². The van der Waals surface area contributed by atoms with Gasteiger partial charge in [-0.2, -0.15) is 5.10 Å². The molecule has 0 bridgehead atoms. The molecule has 0 atom stereocenters. The van der Waals surface area contributed by atoms with E-state index >= 15 is 0 Å². The Morgan fingerprint density at radius 1 is 1.29 bits per heavy atom. The van der Waals surface area contributed by atoms with Gasteiger partial charge in [-0.1, -0.05) is 37.6 Å². The Balaban J connectivity index is 2.64. The molecule has 90 valence electrons. The molecule has 2 nitrogen and oxygen atoms in total. The molecule has 0 spiro atoms. The molecule has 0 amide bonds. The highest BCUT2D eigenvalue weighted by atomic mass is 35.5. The summed E-state index contributed by atoms with van der Waals surface area (Å²) in [6.07, 6.45) is 1.82. The Hall–Kier alpha value is -1.35. The first-order chi connectivity index (χ1) is 8.00. The number of hydrogen-bond acceptors (Lipinski definition) is 1. The van der Waals surface area contributed by atoms with Crippen molar-refractivity contribution in [1.29, 1.82) is 0 Å². The fourth-order valence-corrected chi connectivity index (χ4v) is 2.03. The van der Waals surface area contributed by atoms with E-state index in [4.69, 9.17) is 11.6 Å². The second kappa shape index (κ2) is 4.49. The third-order valence-electron chi connectivity index (χ3n) is 2.65. The molecule has 2 aromatic rings. The molecule has 0 N–H and O–H groups in total. The average Bonchev–Trinajstić information content (AvgIpc) is 2.64. The topological polar surface area (TPSA) is 17.8 Å². The standard InChI is InChI=1S/C13H14ClFN2/c1-8(2)13-10(7-17(3)16-13)9-5-4-6-11(14)12(9)15/h4-8H,1-3H3. The van der Waals surface area contributed by atoms with Crippen molar-refractivity contribution in [2.75, 3.05) is 0 Å². The largest absolute Gasteiger partial charge is 0.275 e. The van der Waals surface area contributed by atoms with Gasteiger partial charge in [-0.15, -0.1) is 0 Å². The molecule has 0 saturated heterocycles. The van der Waals surface area contributed by atoms with Gasteiger partial charge in [0.1, 0.15) is 5.82 Å². The van der Waals surface area contributed by atoms with E-state index in [-0.39, 0.29) is 16.8 Å². The van der Waals surface area contributed by atoms with E-state index < -0.39 is 0 Å². The third-order valence-corrected chi connectivity index (χ3v) is 2.94. The van der Waals surface area contributed by atoms with Crippen molar-refractivity contribution in [3.8, 4) is 11.1 Å². The molecule has 1 aromatic heterocycles. The summed E-state index contributed by atoms with van der Waals surface area (Å²) in [5.74, 6) is -0.145. The quantitative estimate of drug-likeness (QED) is 0.790. The minimum absolute atomic E-state index is 0.140. The van der Waals surface area contributed by atoms with E-state index in [1.54, 1.807) is 22.9 Å². The van der Waals surface area contributed by atoms with E-state index in [2.05, 4.69) is 5.10 Å². The molecule has 0 aliphatic heterocycles. The highest BCUT2D eigenvalue weighted by Gasteiger charge is 2.17. The SMILES string of the molecule is CC(C)c1nn(C)cc1-c1cccc(Cl)c1F. The monoisotopic (exact) mass is 252 g/mol. The van der Waals surface area contributed by atoms with Crippen molar-refractivity contribution < 1.29 is 4.39 Å². The summed E-state index contributed by atoms with van der Waals surface area (Å²) in [5.41, 5.74) is 2.20. The molecule has 17 heavy (non-hydrogen) atoms. The van der Waals surface area contributed by atoms with Gasteiger partial charge in [-0.05, 0) is 12.0 Å². The van der Waals surface area contributed by atoms with Crippen LogP contribution in [0.15, 0.2) is 24.4 Å². The van der Waals surface area contributed by atoms with Crippen molar-refractivity contribution in [2.45, 2.75) is 19.8 Å². The molecular weight excluding hydrogens is 239 g/mol. The number of benzene rings is 1. The zero-order chi connectivity index (χ0) is 12.6. The number of nitrogens with zero attached hydrogens (tertiary/aromatic N) is 2. The molecule has 0 saturated carbocycles. The first-order valence-electron chi connectivity index (χ1n) is 5.48. The second-order valence-corrected chi connectivity index (χ2v) is 4.76. The van der Waals surface area contributed by atoms with Crippen molar-refractivity contribution in [3.63, 3.8) is 0 Å². The maximum atomic E-state index is 14.0. The smallest absolute Gasteiger partial charge is 0.149 e. The summed E-state index contributed by atoms with van der Waals surface area (Å²) < 4.78 is 15.7. The van der Waals surface area contributed by atoms with Crippen LogP contribution in [-0.4, -0.2) is 9.78 Å². The van der Waals surface area contributed by atoms with Crippen LogP contribution < -0.4 is 0 Å². The summed E-state index contributed by atoms with van der Waals surface area (Å²) in [6.45, 7) is 4.07. The molecule has 0 unspecified atom stereocenters. The van der Waals surface area contributed by atoms with Gasteiger partial charge in [0.05, 0.1) is 10.7 Å². The lowest BCUT2D eigenvalue weighted by Crippen LogP contribution is -1.94. The molecule has 1 heterocycles. The number of halogens is 2. The molecular formula is C13H14ClFN2. The first kappa shape index (κ1) is 12.1. The van der Waals surface area contributed by atoms with Crippen LogP contribution >= 0.6 is 11.6 Å². The minimum Gasteiger partial charge on any atom is -0.275 e. The second-order valence-electron chi connectivity index (χ2n) is 4.36. The number of aryl methyl sites for hydroxylation is 1. The minimum atomic E-state index is -0.385. The Labute approximate surface area is 105 Å². The highest BCUT2D eigenvalue weighted by molar-refractivity contribution is 6.31. The third kappa shape index (κ3) is 2.20. The van der Waals surface area contributed by atoms with Gasteiger partial charge < -0.3 is 0 Å². The van der Waals surface area contributed by atoms with Gasteiger partial charge in [-0.3, -0.25) is 4.68 Å². The van der Waals surface area contributed by atoms with Crippen LogP contribution in [0.4, 0.5) is 4.39 Å². The lowest BCUT2D eigenvalue weighted by atomic mass is 10.00. The molecule has 0 radical (unpaired) electrons. The predicted molar refractivity (Wildman–Crippen MR) is 67.7 cm³/mol. The Morgan fingerprint density at radius 3 is 2.65 bits per heavy atom. The number of aromatic nitrogens is 2. The average molecular weight is 253 g/mol. The summed E-state index contributed by atoms with van der Waals surface area (Å²) in [5, 5.41) is 4.50. The van der Waals surface area contributed by atoms with Crippen LogP contribution in [-0.2, 0) is 7.05 Å². The fraction of sp³-hybridized carbons (Fsp3) is 0.308. The Morgan fingerprint density at radius 2 is 2.00 bits per heavy atom. The molecule has 1 aromatic carbocycles. The van der Waals surface area contributed by atoms with Crippen molar-refractivity contribution in [1.82, 2.24) is 9.78 Å². The predicted octanol–water partition coefficient (Wildman–Crippen LogP) is 4.00. The van der Waals surface area contributed by atoms with Gasteiger partial charge in [0, 0.05) is 24.4 Å². The van der Waals surface area contributed by atoms with Crippen LogP contribution in [0.2, 0.25) is 5.02 Å². The zero-order valence-corrected chi connectivity index (χ0v) is 10.8. The van der Waals surface area contributed by atoms with E-state index in [1.165, 1.54) is 0 Å². The molecule has 2 rings (SSSR count). The lowest BCUT2D eigenvalue weighted by Gasteiger charge is -2.07. The molecule has 0 aliphatic rings. The number of rotatable bonds is 2. The number of hydrogen-bond donors (Lipinski definition) is 0. The van der Waals surface area contributed by atoms with Crippen molar-refractivity contribution >= 4 is 11.6 Å². The van der Waals surface area contributed by atoms with E-state index in [1.807, 2.05) is 27.1 Å². The highest BCUT2D eigenvalue weighted by Crippen LogP contribution is 2.32. The van der Waals surface area contributed by atoms with Crippen LogP contribution in [0.5, 0.6) is 0 Å².